The van der Waals surface area contributed by atoms with Crippen molar-refractivity contribution in [2.45, 2.75) is 45.1 Å². The molecule has 0 saturated heterocycles. The zero-order valence-electron chi connectivity index (χ0n) is 8.79. The highest BCUT2D eigenvalue weighted by molar-refractivity contribution is 5.34. The van der Waals surface area contributed by atoms with E-state index in [1.807, 2.05) is 0 Å². The second-order valence-electron chi connectivity index (χ2n) is 4.15. The van der Waals surface area contributed by atoms with Crippen molar-refractivity contribution in [2.75, 3.05) is 0 Å². The molecule has 14 heavy (non-hydrogen) atoms. The van der Waals surface area contributed by atoms with Gasteiger partial charge in [0, 0.05) is 0 Å². The number of benzene rings is 1. The first-order chi connectivity index (χ1) is 6.81. The molecule has 0 heterocycles. The van der Waals surface area contributed by atoms with Gasteiger partial charge in [0.15, 0.2) is 0 Å². The summed E-state index contributed by atoms with van der Waals surface area (Å²) in [5, 5.41) is 9.96. The molecular formula is C13H18O. The van der Waals surface area contributed by atoms with Gasteiger partial charge in [-0.25, -0.2) is 0 Å². The van der Waals surface area contributed by atoms with Crippen molar-refractivity contribution < 1.29 is 5.11 Å². The molecule has 0 aromatic heterocycles. The molecule has 1 aromatic rings. The molecule has 0 bridgehead atoms. The lowest BCUT2D eigenvalue weighted by atomic mass is 9.97. The van der Waals surface area contributed by atoms with Crippen LogP contribution in [-0.2, 0) is 12.8 Å². The summed E-state index contributed by atoms with van der Waals surface area (Å²) in [6, 6.07) is 6.57. The zero-order valence-corrected chi connectivity index (χ0v) is 8.79. The molecule has 2 rings (SSSR count). The average molecular weight is 190 g/mol. The quantitative estimate of drug-likeness (QED) is 0.675. The van der Waals surface area contributed by atoms with Gasteiger partial charge in [-0.05, 0) is 42.4 Å². The smallest absolute Gasteiger partial charge is 0.0792 e. The Morgan fingerprint density at radius 2 is 2.21 bits per heavy atom. The standard InChI is InChI=1S/C13H18O/c1-2-10-7-8-11-5-3-4-6-13(14)12(11)9-10/h7-9,13-14H,2-6H2,1H3/t13-/m0/s1. The van der Waals surface area contributed by atoms with Crippen molar-refractivity contribution in [3.63, 3.8) is 0 Å². The predicted octanol–water partition coefficient (Wildman–Crippen LogP) is 3.01. The van der Waals surface area contributed by atoms with Crippen LogP contribution in [0.3, 0.4) is 0 Å². The monoisotopic (exact) mass is 190 g/mol. The fourth-order valence-corrected chi connectivity index (χ4v) is 2.21. The number of aliphatic hydroxyl groups is 1. The van der Waals surface area contributed by atoms with Crippen LogP contribution in [0.5, 0.6) is 0 Å². The maximum absolute atomic E-state index is 9.96. The molecule has 1 aliphatic rings. The van der Waals surface area contributed by atoms with E-state index in [4.69, 9.17) is 0 Å². The van der Waals surface area contributed by atoms with Gasteiger partial charge in [0.25, 0.3) is 0 Å². The van der Waals surface area contributed by atoms with E-state index in [9.17, 15) is 5.11 Å². The third-order valence-corrected chi connectivity index (χ3v) is 3.15. The van der Waals surface area contributed by atoms with E-state index in [0.29, 0.717) is 0 Å². The van der Waals surface area contributed by atoms with Crippen LogP contribution >= 0.6 is 0 Å². The van der Waals surface area contributed by atoms with Crippen LogP contribution in [-0.4, -0.2) is 5.11 Å². The van der Waals surface area contributed by atoms with Crippen molar-refractivity contribution in [1.82, 2.24) is 0 Å². The Labute approximate surface area is 85.8 Å². The number of aryl methyl sites for hydroxylation is 2. The van der Waals surface area contributed by atoms with Crippen LogP contribution in [0.4, 0.5) is 0 Å². The summed E-state index contributed by atoms with van der Waals surface area (Å²) in [7, 11) is 0. The highest BCUT2D eigenvalue weighted by Crippen LogP contribution is 2.29. The molecule has 0 fully saturated rings. The summed E-state index contributed by atoms with van der Waals surface area (Å²) >= 11 is 0. The van der Waals surface area contributed by atoms with Gasteiger partial charge in [-0.15, -0.1) is 0 Å². The van der Waals surface area contributed by atoms with Crippen LogP contribution in [0.1, 0.15) is 49.0 Å². The van der Waals surface area contributed by atoms with Gasteiger partial charge < -0.3 is 5.11 Å². The number of rotatable bonds is 1. The highest BCUT2D eigenvalue weighted by Gasteiger charge is 2.15. The van der Waals surface area contributed by atoms with Crippen molar-refractivity contribution in [2.24, 2.45) is 0 Å². The van der Waals surface area contributed by atoms with Crippen LogP contribution < -0.4 is 0 Å². The molecule has 1 atom stereocenters. The molecule has 1 aromatic carbocycles. The number of hydrogen-bond acceptors (Lipinski definition) is 1. The Hall–Kier alpha value is -0.820. The minimum atomic E-state index is -0.223. The predicted molar refractivity (Wildman–Crippen MR) is 58.3 cm³/mol. The minimum absolute atomic E-state index is 0.223. The lowest BCUT2D eigenvalue weighted by Gasteiger charge is -2.12. The molecule has 0 spiro atoms. The van der Waals surface area contributed by atoms with Gasteiger partial charge in [0.05, 0.1) is 6.10 Å². The van der Waals surface area contributed by atoms with Crippen molar-refractivity contribution in [3.8, 4) is 0 Å². The number of hydrogen-bond donors (Lipinski definition) is 1. The number of aliphatic hydroxyl groups excluding tert-OH is 1. The maximum Gasteiger partial charge on any atom is 0.0792 e. The maximum atomic E-state index is 9.96. The second-order valence-corrected chi connectivity index (χ2v) is 4.15. The highest BCUT2D eigenvalue weighted by atomic mass is 16.3. The SMILES string of the molecule is CCc1ccc2c(c1)[C@@H](O)CCCC2. The number of fused-ring (bicyclic) bond motifs is 1. The lowest BCUT2D eigenvalue weighted by Crippen LogP contribution is -1.99. The first-order valence-electron chi connectivity index (χ1n) is 5.61. The lowest BCUT2D eigenvalue weighted by molar-refractivity contribution is 0.166. The Morgan fingerprint density at radius 1 is 1.36 bits per heavy atom. The van der Waals surface area contributed by atoms with E-state index in [1.54, 1.807) is 0 Å². The average Bonchev–Trinajstić information content (AvgIpc) is 2.40. The Bertz CT molecular complexity index is 317. The summed E-state index contributed by atoms with van der Waals surface area (Å²) in [4.78, 5) is 0. The first kappa shape index (κ1) is 9.72. The van der Waals surface area contributed by atoms with E-state index < -0.39 is 0 Å². The zero-order chi connectivity index (χ0) is 9.97. The van der Waals surface area contributed by atoms with Crippen LogP contribution in [0.25, 0.3) is 0 Å². The second kappa shape index (κ2) is 4.14. The molecule has 0 unspecified atom stereocenters. The third kappa shape index (κ3) is 1.83. The van der Waals surface area contributed by atoms with Gasteiger partial charge >= 0.3 is 0 Å². The van der Waals surface area contributed by atoms with Crippen molar-refractivity contribution in [1.29, 1.82) is 0 Å². The van der Waals surface area contributed by atoms with Gasteiger partial charge in [-0.1, -0.05) is 31.5 Å². The minimum Gasteiger partial charge on any atom is -0.388 e. The molecule has 1 aliphatic carbocycles. The topological polar surface area (TPSA) is 20.2 Å². The molecule has 1 heteroatoms. The Morgan fingerprint density at radius 3 is 3.00 bits per heavy atom. The summed E-state index contributed by atoms with van der Waals surface area (Å²) in [6.45, 7) is 2.16. The van der Waals surface area contributed by atoms with E-state index in [-0.39, 0.29) is 6.10 Å². The van der Waals surface area contributed by atoms with Crippen LogP contribution in [0.2, 0.25) is 0 Å². The van der Waals surface area contributed by atoms with E-state index >= 15 is 0 Å². The van der Waals surface area contributed by atoms with Crippen LogP contribution in [0.15, 0.2) is 18.2 Å². The van der Waals surface area contributed by atoms with Gasteiger partial charge in [0.2, 0.25) is 0 Å². The van der Waals surface area contributed by atoms with Gasteiger partial charge in [-0.2, -0.15) is 0 Å². The fraction of sp³-hybridized carbons (Fsp3) is 0.538. The van der Waals surface area contributed by atoms with Gasteiger partial charge in [0.1, 0.15) is 0 Å². The normalized spacial score (nSPS) is 21.4. The molecule has 0 radical (unpaired) electrons. The third-order valence-electron chi connectivity index (χ3n) is 3.15. The molecule has 1 N–H and O–H groups in total. The summed E-state index contributed by atoms with van der Waals surface area (Å²) in [5.41, 5.74) is 3.87. The first-order valence-corrected chi connectivity index (χ1v) is 5.61. The Kier molecular flexibility index (Phi) is 2.87. The molecule has 0 saturated carbocycles. The summed E-state index contributed by atoms with van der Waals surface area (Å²) < 4.78 is 0. The Balaban J connectivity index is 2.39. The van der Waals surface area contributed by atoms with E-state index in [1.165, 1.54) is 23.1 Å². The molecule has 76 valence electrons. The summed E-state index contributed by atoms with van der Waals surface area (Å²) in [6.07, 6.45) is 5.27. The molecule has 1 nitrogen and oxygen atoms in total. The molecule has 0 aliphatic heterocycles. The van der Waals surface area contributed by atoms with Crippen molar-refractivity contribution in [3.05, 3.63) is 34.9 Å². The van der Waals surface area contributed by atoms with E-state index in [2.05, 4.69) is 25.1 Å². The molecule has 0 amide bonds. The van der Waals surface area contributed by atoms with E-state index in [0.717, 1.165) is 25.7 Å². The fourth-order valence-electron chi connectivity index (χ4n) is 2.21. The molecular weight excluding hydrogens is 172 g/mol. The largest absolute Gasteiger partial charge is 0.388 e. The van der Waals surface area contributed by atoms with Crippen LogP contribution in [0, 0.1) is 0 Å². The van der Waals surface area contributed by atoms with Gasteiger partial charge in [-0.3, -0.25) is 0 Å². The summed E-state index contributed by atoms with van der Waals surface area (Å²) in [5.74, 6) is 0. The van der Waals surface area contributed by atoms with Crippen molar-refractivity contribution >= 4 is 0 Å².